The van der Waals surface area contributed by atoms with E-state index in [2.05, 4.69) is 26.1 Å². The van der Waals surface area contributed by atoms with Crippen molar-refractivity contribution in [3.63, 3.8) is 0 Å². The van der Waals surface area contributed by atoms with Gasteiger partial charge in [-0.05, 0) is 38.1 Å². The number of hydrogen-bond acceptors (Lipinski definition) is 3. The molecule has 1 aliphatic rings. The van der Waals surface area contributed by atoms with Crippen LogP contribution in [-0.4, -0.2) is 31.8 Å². The molecule has 4 atom stereocenters. The second-order valence-electron chi connectivity index (χ2n) is 4.86. The van der Waals surface area contributed by atoms with E-state index in [1.807, 2.05) is 0 Å². The lowest BCUT2D eigenvalue weighted by molar-refractivity contribution is 0.0870. The lowest BCUT2D eigenvalue weighted by atomic mass is 9.99. The monoisotopic (exact) mass is 214 g/mol. The lowest BCUT2D eigenvalue weighted by Gasteiger charge is -2.20. The average Bonchev–Trinajstić information content (AvgIpc) is 2.65. The van der Waals surface area contributed by atoms with Gasteiger partial charge < -0.3 is 15.8 Å². The van der Waals surface area contributed by atoms with Crippen LogP contribution in [-0.2, 0) is 4.74 Å². The molecule has 3 N–H and O–H groups in total. The molecule has 0 saturated carbocycles. The molecule has 4 unspecified atom stereocenters. The van der Waals surface area contributed by atoms with Crippen molar-refractivity contribution in [3.8, 4) is 0 Å². The van der Waals surface area contributed by atoms with Crippen molar-refractivity contribution in [1.29, 1.82) is 0 Å². The standard InChI is InChI=1S/C12H26N2O/c1-4-12-11(5-6-15-12)8-14-7-9(2)10(3)13/h9-12,14H,4-8,13H2,1-3H3. The summed E-state index contributed by atoms with van der Waals surface area (Å²) in [5.74, 6) is 1.25. The van der Waals surface area contributed by atoms with Crippen LogP contribution in [0.1, 0.15) is 33.6 Å². The fraction of sp³-hybridized carbons (Fsp3) is 1.00. The van der Waals surface area contributed by atoms with E-state index < -0.39 is 0 Å². The highest BCUT2D eigenvalue weighted by atomic mass is 16.5. The van der Waals surface area contributed by atoms with Gasteiger partial charge in [0, 0.05) is 19.2 Å². The molecule has 1 rings (SSSR count). The first-order chi connectivity index (χ1) is 7.15. The highest BCUT2D eigenvalue weighted by Crippen LogP contribution is 2.22. The zero-order chi connectivity index (χ0) is 11.3. The molecule has 0 spiro atoms. The highest BCUT2D eigenvalue weighted by Gasteiger charge is 2.26. The molecule has 3 heteroatoms. The zero-order valence-corrected chi connectivity index (χ0v) is 10.3. The Morgan fingerprint density at radius 3 is 2.80 bits per heavy atom. The second-order valence-corrected chi connectivity index (χ2v) is 4.86. The van der Waals surface area contributed by atoms with Gasteiger partial charge in [0.1, 0.15) is 0 Å². The van der Waals surface area contributed by atoms with E-state index in [9.17, 15) is 0 Å². The van der Waals surface area contributed by atoms with Crippen LogP contribution in [0.2, 0.25) is 0 Å². The third-order valence-electron chi connectivity index (χ3n) is 3.52. The van der Waals surface area contributed by atoms with Gasteiger partial charge in [-0.25, -0.2) is 0 Å². The van der Waals surface area contributed by atoms with E-state index in [1.165, 1.54) is 6.42 Å². The number of rotatable bonds is 6. The number of hydrogen-bond donors (Lipinski definition) is 2. The van der Waals surface area contributed by atoms with Gasteiger partial charge in [-0.3, -0.25) is 0 Å². The average molecular weight is 214 g/mol. The Balaban J connectivity index is 2.14. The van der Waals surface area contributed by atoms with Gasteiger partial charge in [0.25, 0.3) is 0 Å². The fourth-order valence-electron chi connectivity index (χ4n) is 2.06. The van der Waals surface area contributed by atoms with Crippen LogP contribution in [0.15, 0.2) is 0 Å². The predicted molar refractivity (Wildman–Crippen MR) is 63.8 cm³/mol. The van der Waals surface area contributed by atoms with Gasteiger partial charge in [0.15, 0.2) is 0 Å². The maximum absolute atomic E-state index is 5.82. The Labute approximate surface area is 93.8 Å². The SMILES string of the molecule is CCC1OCCC1CNCC(C)C(C)N. The van der Waals surface area contributed by atoms with Crippen molar-refractivity contribution >= 4 is 0 Å². The maximum atomic E-state index is 5.82. The first-order valence-electron chi connectivity index (χ1n) is 6.23. The Morgan fingerprint density at radius 2 is 2.20 bits per heavy atom. The van der Waals surface area contributed by atoms with Crippen LogP contribution in [0.25, 0.3) is 0 Å². The van der Waals surface area contributed by atoms with E-state index >= 15 is 0 Å². The van der Waals surface area contributed by atoms with E-state index in [0.29, 0.717) is 17.9 Å². The zero-order valence-electron chi connectivity index (χ0n) is 10.3. The molecule has 90 valence electrons. The van der Waals surface area contributed by atoms with Crippen LogP contribution in [0, 0.1) is 11.8 Å². The summed E-state index contributed by atoms with van der Waals surface area (Å²) in [6.45, 7) is 9.50. The van der Waals surface area contributed by atoms with Crippen molar-refractivity contribution in [2.24, 2.45) is 17.6 Å². The molecule has 1 fully saturated rings. The van der Waals surface area contributed by atoms with Crippen molar-refractivity contribution in [2.45, 2.75) is 45.8 Å². The normalized spacial score (nSPS) is 30.4. The summed E-state index contributed by atoms with van der Waals surface area (Å²) < 4.78 is 5.66. The van der Waals surface area contributed by atoms with E-state index in [1.54, 1.807) is 0 Å². The Bertz CT molecular complexity index is 173. The van der Waals surface area contributed by atoms with Gasteiger partial charge in [-0.15, -0.1) is 0 Å². The molecular weight excluding hydrogens is 188 g/mol. The molecule has 0 aromatic rings. The van der Waals surface area contributed by atoms with Gasteiger partial charge in [0.2, 0.25) is 0 Å². The van der Waals surface area contributed by atoms with Crippen LogP contribution in [0.4, 0.5) is 0 Å². The molecule has 0 bridgehead atoms. The molecular formula is C12H26N2O. The minimum Gasteiger partial charge on any atom is -0.378 e. The topological polar surface area (TPSA) is 47.3 Å². The lowest BCUT2D eigenvalue weighted by Crippen LogP contribution is -2.36. The summed E-state index contributed by atoms with van der Waals surface area (Å²) in [4.78, 5) is 0. The van der Waals surface area contributed by atoms with Crippen molar-refractivity contribution in [3.05, 3.63) is 0 Å². The quantitative estimate of drug-likeness (QED) is 0.702. The molecule has 0 aromatic heterocycles. The predicted octanol–water partition coefficient (Wildman–Crippen LogP) is 1.37. The van der Waals surface area contributed by atoms with Crippen LogP contribution in [0.3, 0.4) is 0 Å². The van der Waals surface area contributed by atoms with E-state index in [4.69, 9.17) is 10.5 Å². The van der Waals surface area contributed by atoms with Crippen LogP contribution >= 0.6 is 0 Å². The summed E-state index contributed by atoms with van der Waals surface area (Å²) in [6.07, 6.45) is 2.82. The van der Waals surface area contributed by atoms with Gasteiger partial charge in [0.05, 0.1) is 6.10 Å². The van der Waals surface area contributed by atoms with Gasteiger partial charge in [-0.2, -0.15) is 0 Å². The van der Waals surface area contributed by atoms with Crippen molar-refractivity contribution in [1.82, 2.24) is 5.32 Å². The Kier molecular flexibility index (Phi) is 5.58. The third kappa shape index (κ3) is 4.09. The third-order valence-corrected chi connectivity index (χ3v) is 3.52. The van der Waals surface area contributed by atoms with Crippen molar-refractivity contribution < 1.29 is 4.74 Å². The highest BCUT2D eigenvalue weighted by molar-refractivity contribution is 4.77. The first kappa shape index (κ1) is 12.9. The summed E-state index contributed by atoms with van der Waals surface area (Å²) in [7, 11) is 0. The molecule has 0 radical (unpaired) electrons. The Morgan fingerprint density at radius 1 is 1.47 bits per heavy atom. The number of nitrogens with two attached hydrogens (primary N) is 1. The molecule has 0 aliphatic carbocycles. The van der Waals surface area contributed by atoms with Crippen LogP contribution < -0.4 is 11.1 Å². The van der Waals surface area contributed by atoms with E-state index in [-0.39, 0.29) is 6.04 Å². The smallest absolute Gasteiger partial charge is 0.0613 e. The molecule has 1 saturated heterocycles. The molecule has 0 amide bonds. The molecule has 3 nitrogen and oxygen atoms in total. The first-order valence-corrected chi connectivity index (χ1v) is 6.23. The fourth-order valence-corrected chi connectivity index (χ4v) is 2.06. The number of nitrogens with one attached hydrogen (secondary N) is 1. The molecule has 0 aromatic carbocycles. The van der Waals surface area contributed by atoms with Gasteiger partial charge >= 0.3 is 0 Å². The molecule has 15 heavy (non-hydrogen) atoms. The summed E-state index contributed by atoms with van der Waals surface area (Å²) in [5.41, 5.74) is 5.82. The number of ether oxygens (including phenoxy) is 1. The minimum atomic E-state index is 0.277. The summed E-state index contributed by atoms with van der Waals surface area (Å²) >= 11 is 0. The molecule has 1 heterocycles. The maximum Gasteiger partial charge on any atom is 0.0613 e. The Hall–Kier alpha value is -0.120. The largest absolute Gasteiger partial charge is 0.378 e. The molecule has 1 aliphatic heterocycles. The summed E-state index contributed by atoms with van der Waals surface area (Å²) in [6, 6.07) is 0.277. The van der Waals surface area contributed by atoms with E-state index in [0.717, 1.165) is 26.1 Å². The minimum absolute atomic E-state index is 0.277. The second kappa shape index (κ2) is 6.46. The van der Waals surface area contributed by atoms with Crippen LogP contribution in [0.5, 0.6) is 0 Å². The van der Waals surface area contributed by atoms with Crippen molar-refractivity contribution in [2.75, 3.05) is 19.7 Å². The van der Waals surface area contributed by atoms with Gasteiger partial charge in [-0.1, -0.05) is 13.8 Å². The summed E-state index contributed by atoms with van der Waals surface area (Å²) in [5, 5.41) is 3.51.